The van der Waals surface area contributed by atoms with E-state index in [0.717, 1.165) is 50.2 Å². The van der Waals surface area contributed by atoms with Crippen LogP contribution in [0.1, 0.15) is 38.2 Å². The van der Waals surface area contributed by atoms with Crippen molar-refractivity contribution < 1.29 is 9.53 Å². The smallest absolute Gasteiger partial charge is 0.321 e. The molecule has 0 spiro atoms. The highest BCUT2D eigenvalue weighted by molar-refractivity contribution is 5.89. The largest absolute Gasteiger partial charge is 0.497 e. The predicted molar refractivity (Wildman–Crippen MR) is 116 cm³/mol. The number of likely N-dealkylation sites (tertiary alicyclic amines) is 1. The number of nitrogens with zero attached hydrogens (tertiary/aromatic N) is 1. The number of nitrogens with one attached hydrogen (secondary N) is 1. The van der Waals surface area contributed by atoms with E-state index in [1.807, 2.05) is 47.4 Å². The maximum Gasteiger partial charge on any atom is 0.321 e. The number of carbonyl (C=O) groups is 1. The Morgan fingerprint density at radius 2 is 1.79 bits per heavy atom. The molecule has 0 saturated carbocycles. The van der Waals surface area contributed by atoms with Crippen LogP contribution in [0.3, 0.4) is 0 Å². The zero-order valence-electron chi connectivity index (χ0n) is 16.9. The first-order valence-corrected chi connectivity index (χ1v) is 10.1. The normalized spacial score (nSPS) is 15.4. The van der Waals surface area contributed by atoms with Crippen LogP contribution in [-0.2, 0) is 0 Å². The lowest BCUT2D eigenvalue weighted by Gasteiger charge is -2.31. The van der Waals surface area contributed by atoms with Crippen molar-refractivity contribution in [3.63, 3.8) is 0 Å². The van der Waals surface area contributed by atoms with Crippen LogP contribution in [0.25, 0.3) is 5.57 Å². The standard InChI is InChI=1S/C24H30N2O2/c1-3-20(21-11-13-23(28-2)14-12-21)10-9-19-15-17-26(18-16-19)24(27)25-22-7-5-4-6-8-22/h4-8,10-14,19H,3,9,15-18H2,1-2H3,(H,25,27)/b20-10+. The number of hydrogen-bond donors (Lipinski definition) is 1. The molecule has 0 aliphatic carbocycles. The number of methoxy groups -OCH3 is 1. The molecule has 0 radical (unpaired) electrons. The number of anilines is 1. The van der Waals surface area contributed by atoms with Gasteiger partial charge in [-0.3, -0.25) is 0 Å². The molecule has 1 saturated heterocycles. The second kappa shape index (κ2) is 9.98. The van der Waals surface area contributed by atoms with Crippen LogP contribution in [0, 0.1) is 5.92 Å². The number of carbonyl (C=O) groups excluding carboxylic acids is 1. The number of urea groups is 1. The van der Waals surface area contributed by atoms with Crippen LogP contribution < -0.4 is 10.1 Å². The molecule has 2 aromatic carbocycles. The Labute approximate surface area is 168 Å². The fourth-order valence-corrected chi connectivity index (χ4v) is 3.68. The maximum absolute atomic E-state index is 12.4. The minimum absolute atomic E-state index is 0.00710. The van der Waals surface area contributed by atoms with Gasteiger partial charge in [-0.2, -0.15) is 0 Å². The third-order valence-corrected chi connectivity index (χ3v) is 5.47. The first-order chi connectivity index (χ1) is 13.7. The third kappa shape index (κ3) is 5.38. The van der Waals surface area contributed by atoms with E-state index < -0.39 is 0 Å². The van der Waals surface area contributed by atoms with E-state index in [4.69, 9.17) is 4.74 Å². The number of benzene rings is 2. The van der Waals surface area contributed by atoms with E-state index in [0.29, 0.717) is 5.92 Å². The predicted octanol–water partition coefficient (Wildman–Crippen LogP) is 5.82. The molecule has 0 aromatic heterocycles. The summed E-state index contributed by atoms with van der Waals surface area (Å²) in [6.45, 7) is 3.84. The summed E-state index contributed by atoms with van der Waals surface area (Å²) in [5.41, 5.74) is 3.50. The van der Waals surface area contributed by atoms with E-state index in [1.165, 1.54) is 11.1 Å². The summed E-state index contributed by atoms with van der Waals surface area (Å²) in [5.74, 6) is 1.53. The van der Waals surface area contributed by atoms with Crippen LogP contribution in [0.4, 0.5) is 10.5 Å². The Hall–Kier alpha value is -2.75. The number of piperidine rings is 1. The zero-order valence-corrected chi connectivity index (χ0v) is 16.9. The van der Waals surface area contributed by atoms with Crippen molar-refractivity contribution in [2.75, 3.05) is 25.5 Å². The van der Waals surface area contributed by atoms with Gasteiger partial charge in [0.15, 0.2) is 0 Å². The summed E-state index contributed by atoms with van der Waals surface area (Å²) in [6.07, 6.45) is 6.58. The highest BCUT2D eigenvalue weighted by atomic mass is 16.5. The monoisotopic (exact) mass is 378 g/mol. The first kappa shape index (κ1) is 20.0. The molecule has 0 unspecified atom stereocenters. The van der Waals surface area contributed by atoms with Crippen molar-refractivity contribution in [3.05, 3.63) is 66.2 Å². The zero-order chi connectivity index (χ0) is 19.8. The SMILES string of the molecule is CC/C(=C\CC1CCN(C(=O)Nc2ccccc2)CC1)c1ccc(OC)cc1. The molecule has 1 N–H and O–H groups in total. The second-order valence-corrected chi connectivity index (χ2v) is 7.27. The Kier molecular flexibility index (Phi) is 7.12. The molecule has 28 heavy (non-hydrogen) atoms. The van der Waals surface area contributed by atoms with Gasteiger partial charge in [0.25, 0.3) is 0 Å². The molecular weight excluding hydrogens is 348 g/mol. The van der Waals surface area contributed by atoms with Gasteiger partial charge in [-0.1, -0.05) is 43.3 Å². The van der Waals surface area contributed by atoms with Gasteiger partial charge in [0.2, 0.25) is 0 Å². The van der Waals surface area contributed by atoms with Crippen molar-refractivity contribution in [2.24, 2.45) is 5.92 Å². The third-order valence-electron chi connectivity index (χ3n) is 5.47. The summed E-state index contributed by atoms with van der Waals surface area (Å²) < 4.78 is 5.25. The first-order valence-electron chi connectivity index (χ1n) is 10.1. The molecule has 0 bridgehead atoms. The highest BCUT2D eigenvalue weighted by Gasteiger charge is 2.22. The lowest BCUT2D eigenvalue weighted by molar-refractivity contribution is 0.183. The van der Waals surface area contributed by atoms with Gasteiger partial charge in [0, 0.05) is 18.8 Å². The van der Waals surface area contributed by atoms with Gasteiger partial charge in [-0.05, 0) is 67.0 Å². The van der Waals surface area contributed by atoms with Crippen LogP contribution in [0.15, 0.2) is 60.7 Å². The van der Waals surface area contributed by atoms with Gasteiger partial charge in [-0.25, -0.2) is 4.79 Å². The molecule has 1 fully saturated rings. The molecule has 148 valence electrons. The van der Waals surface area contributed by atoms with Crippen molar-refractivity contribution in [1.29, 1.82) is 0 Å². The molecule has 4 nitrogen and oxygen atoms in total. The van der Waals surface area contributed by atoms with Crippen LogP contribution >= 0.6 is 0 Å². The Bertz CT molecular complexity index is 776. The van der Waals surface area contributed by atoms with Gasteiger partial charge in [0.1, 0.15) is 5.75 Å². The van der Waals surface area contributed by atoms with E-state index in [1.54, 1.807) is 7.11 Å². The molecule has 2 amide bonds. The fourth-order valence-electron chi connectivity index (χ4n) is 3.68. The quantitative estimate of drug-likeness (QED) is 0.688. The molecule has 1 heterocycles. The summed E-state index contributed by atoms with van der Waals surface area (Å²) in [6, 6.07) is 17.9. The minimum Gasteiger partial charge on any atom is -0.497 e. The van der Waals surface area contributed by atoms with E-state index in [9.17, 15) is 4.79 Å². The summed E-state index contributed by atoms with van der Waals surface area (Å²) in [5, 5.41) is 2.98. The van der Waals surface area contributed by atoms with Gasteiger partial charge < -0.3 is 15.0 Å². The Morgan fingerprint density at radius 3 is 2.39 bits per heavy atom. The Balaban J connectivity index is 1.50. The Morgan fingerprint density at radius 1 is 1.11 bits per heavy atom. The average Bonchev–Trinajstić information content (AvgIpc) is 2.75. The number of para-hydroxylation sites is 1. The molecule has 0 atom stereocenters. The highest BCUT2D eigenvalue weighted by Crippen LogP contribution is 2.26. The van der Waals surface area contributed by atoms with E-state index in [-0.39, 0.29) is 6.03 Å². The number of hydrogen-bond acceptors (Lipinski definition) is 2. The maximum atomic E-state index is 12.4. The topological polar surface area (TPSA) is 41.6 Å². The van der Waals surface area contributed by atoms with E-state index >= 15 is 0 Å². The average molecular weight is 379 g/mol. The molecule has 2 aromatic rings. The van der Waals surface area contributed by atoms with Crippen molar-refractivity contribution in [1.82, 2.24) is 4.90 Å². The summed E-state index contributed by atoms with van der Waals surface area (Å²) in [4.78, 5) is 14.3. The van der Waals surface area contributed by atoms with E-state index in [2.05, 4.69) is 30.4 Å². The molecule has 1 aliphatic heterocycles. The van der Waals surface area contributed by atoms with Gasteiger partial charge >= 0.3 is 6.03 Å². The van der Waals surface area contributed by atoms with Crippen LogP contribution in [0.2, 0.25) is 0 Å². The van der Waals surface area contributed by atoms with Gasteiger partial charge in [-0.15, -0.1) is 0 Å². The lowest BCUT2D eigenvalue weighted by Crippen LogP contribution is -2.40. The fraction of sp³-hybridized carbons (Fsp3) is 0.375. The summed E-state index contributed by atoms with van der Waals surface area (Å²) >= 11 is 0. The number of rotatable bonds is 6. The lowest BCUT2D eigenvalue weighted by atomic mass is 9.91. The molecule has 1 aliphatic rings. The van der Waals surface area contributed by atoms with Crippen molar-refractivity contribution >= 4 is 17.3 Å². The van der Waals surface area contributed by atoms with Crippen molar-refractivity contribution in [2.45, 2.75) is 32.6 Å². The number of amides is 2. The van der Waals surface area contributed by atoms with Crippen LogP contribution in [-0.4, -0.2) is 31.1 Å². The number of ether oxygens (including phenoxy) is 1. The van der Waals surface area contributed by atoms with Gasteiger partial charge in [0.05, 0.1) is 7.11 Å². The number of allylic oxidation sites excluding steroid dienone is 2. The van der Waals surface area contributed by atoms with Crippen molar-refractivity contribution in [3.8, 4) is 5.75 Å². The van der Waals surface area contributed by atoms with Crippen LogP contribution in [0.5, 0.6) is 5.75 Å². The summed E-state index contributed by atoms with van der Waals surface area (Å²) in [7, 11) is 1.69. The molecule has 3 rings (SSSR count). The minimum atomic E-state index is 0.00710. The molecule has 4 heteroatoms. The molecular formula is C24H30N2O2. The second-order valence-electron chi connectivity index (χ2n) is 7.27.